The summed E-state index contributed by atoms with van der Waals surface area (Å²) in [7, 11) is 4.78. The number of aliphatic carboxylic acids is 1. The Balaban J connectivity index is 2.02. The van der Waals surface area contributed by atoms with E-state index in [0.717, 1.165) is 24.9 Å². The molecule has 2 aliphatic heterocycles. The molecule has 1 N–H and O–H groups in total. The van der Waals surface area contributed by atoms with Crippen molar-refractivity contribution in [3.05, 3.63) is 12.1 Å². The first-order valence-electron chi connectivity index (χ1n) is 9.66. The molecule has 0 spiro atoms. The molecule has 0 radical (unpaired) electrons. The van der Waals surface area contributed by atoms with Crippen molar-refractivity contribution in [2.75, 3.05) is 26.2 Å². The zero-order chi connectivity index (χ0) is 20.5. The molecule has 4 atom stereocenters. The SMILES string of the molecule is CCC12CCC(CC(C(C#N)C(=O)O)C1)N2c1cc(OC)c(OC)c(OC)c1. The standard InChI is InChI=1S/C21H28N2O5/c1-5-21-7-6-14(8-13(11-21)16(12-22)20(24)25)23(21)15-9-17(26-2)19(28-4)18(10-15)27-3/h9-10,13-14,16H,5-8,11H2,1-4H3,(H,24,25). The van der Waals surface area contributed by atoms with Gasteiger partial charge in [0.1, 0.15) is 5.92 Å². The third kappa shape index (κ3) is 3.11. The van der Waals surface area contributed by atoms with Crippen molar-refractivity contribution in [1.82, 2.24) is 0 Å². The number of nitriles is 1. The van der Waals surface area contributed by atoms with E-state index < -0.39 is 11.9 Å². The third-order valence-electron chi connectivity index (χ3n) is 6.50. The molecule has 2 fully saturated rings. The average molecular weight is 388 g/mol. The number of rotatable bonds is 7. The number of ether oxygens (including phenoxy) is 3. The molecule has 0 aromatic heterocycles. The van der Waals surface area contributed by atoms with E-state index in [1.165, 1.54) is 0 Å². The van der Waals surface area contributed by atoms with E-state index in [9.17, 15) is 15.2 Å². The van der Waals surface area contributed by atoms with E-state index in [0.29, 0.717) is 30.1 Å². The van der Waals surface area contributed by atoms with Crippen LogP contribution in [0.15, 0.2) is 12.1 Å². The molecular formula is C21H28N2O5. The minimum atomic E-state index is -1.01. The summed E-state index contributed by atoms with van der Waals surface area (Å²) in [4.78, 5) is 14.0. The highest BCUT2D eigenvalue weighted by molar-refractivity contribution is 5.73. The Kier molecular flexibility index (Phi) is 5.59. The Hall–Kier alpha value is -2.62. The summed E-state index contributed by atoms with van der Waals surface area (Å²) in [5, 5.41) is 18.9. The van der Waals surface area contributed by atoms with Gasteiger partial charge in [0.05, 0.1) is 27.4 Å². The number of carboxylic acids is 1. The zero-order valence-electron chi connectivity index (χ0n) is 16.9. The van der Waals surface area contributed by atoms with Crippen LogP contribution in [0.2, 0.25) is 0 Å². The molecule has 7 nitrogen and oxygen atoms in total. The molecule has 28 heavy (non-hydrogen) atoms. The topological polar surface area (TPSA) is 92.0 Å². The molecule has 0 aliphatic carbocycles. The lowest BCUT2D eigenvalue weighted by Gasteiger charge is -2.49. The number of piperidine rings is 1. The number of carboxylic acid groups (broad SMARTS) is 1. The molecule has 2 bridgehead atoms. The summed E-state index contributed by atoms with van der Waals surface area (Å²) in [6.07, 6.45) is 4.25. The van der Waals surface area contributed by atoms with Gasteiger partial charge in [0.2, 0.25) is 5.75 Å². The van der Waals surface area contributed by atoms with Crippen molar-refractivity contribution in [3.63, 3.8) is 0 Å². The number of benzene rings is 1. The monoisotopic (exact) mass is 388 g/mol. The normalized spacial score (nSPS) is 27.0. The van der Waals surface area contributed by atoms with Gasteiger partial charge in [0.25, 0.3) is 0 Å². The fraction of sp³-hybridized carbons (Fsp3) is 0.619. The van der Waals surface area contributed by atoms with Crippen LogP contribution in [0.5, 0.6) is 17.2 Å². The first-order valence-corrected chi connectivity index (χ1v) is 9.66. The number of hydrogen-bond donors (Lipinski definition) is 1. The number of hydrogen-bond acceptors (Lipinski definition) is 6. The average Bonchev–Trinajstić information content (AvgIpc) is 2.94. The summed E-state index contributed by atoms with van der Waals surface area (Å²) in [5.41, 5.74) is 0.823. The molecule has 0 saturated carbocycles. The summed E-state index contributed by atoms with van der Waals surface area (Å²) < 4.78 is 16.5. The lowest BCUT2D eigenvalue weighted by molar-refractivity contribution is -0.141. The molecule has 7 heteroatoms. The van der Waals surface area contributed by atoms with Crippen molar-refractivity contribution >= 4 is 11.7 Å². The quantitative estimate of drug-likeness (QED) is 0.764. The molecule has 1 aromatic rings. The van der Waals surface area contributed by atoms with Gasteiger partial charge in [-0.05, 0) is 38.0 Å². The lowest BCUT2D eigenvalue weighted by Crippen LogP contribution is -2.54. The maximum atomic E-state index is 11.6. The van der Waals surface area contributed by atoms with Gasteiger partial charge in [-0.25, -0.2) is 0 Å². The van der Waals surface area contributed by atoms with Gasteiger partial charge in [0.15, 0.2) is 11.5 Å². The van der Waals surface area contributed by atoms with Crippen LogP contribution in [-0.4, -0.2) is 44.0 Å². The largest absolute Gasteiger partial charge is 0.493 e. The fourth-order valence-corrected chi connectivity index (χ4v) is 5.22. The van der Waals surface area contributed by atoms with Crippen molar-refractivity contribution < 1.29 is 24.1 Å². The minimum Gasteiger partial charge on any atom is -0.493 e. The van der Waals surface area contributed by atoms with Crippen LogP contribution in [0.1, 0.15) is 39.0 Å². The second kappa shape index (κ2) is 7.78. The third-order valence-corrected chi connectivity index (χ3v) is 6.50. The number of anilines is 1. The number of fused-ring (bicyclic) bond motifs is 2. The van der Waals surface area contributed by atoms with Crippen LogP contribution in [0, 0.1) is 23.2 Å². The van der Waals surface area contributed by atoms with E-state index in [1.54, 1.807) is 21.3 Å². The van der Waals surface area contributed by atoms with Crippen LogP contribution in [0.3, 0.4) is 0 Å². The molecule has 1 aromatic carbocycles. The highest BCUT2D eigenvalue weighted by Crippen LogP contribution is 2.54. The van der Waals surface area contributed by atoms with E-state index in [-0.39, 0.29) is 17.5 Å². The molecular weight excluding hydrogens is 360 g/mol. The Bertz CT molecular complexity index is 764. The Labute approximate surface area is 165 Å². The molecule has 3 rings (SSSR count). The van der Waals surface area contributed by atoms with Crippen molar-refractivity contribution in [2.45, 2.75) is 50.6 Å². The summed E-state index contributed by atoms with van der Waals surface area (Å²) >= 11 is 0. The van der Waals surface area contributed by atoms with Gasteiger partial charge in [-0.3, -0.25) is 4.79 Å². The van der Waals surface area contributed by atoms with E-state index in [4.69, 9.17) is 14.2 Å². The first kappa shape index (κ1) is 20.1. The molecule has 152 valence electrons. The second-order valence-corrected chi connectivity index (χ2v) is 7.67. The lowest BCUT2D eigenvalue weighted by atomic mass is 9.74. The molecule has 0 amide bonds. The summed E-state index contributed by atoms with van der Waals surface area (Å²) in [6.45, 7) is 2.14. The number of methoxy groups -OCH3 is 3. The smallest absolute Gasteiger partial charge is 0.321 e. The van der Waals surface area contributed by atoms with Crippen molar-refractivity contribution in [2.24, 2.45) is 11.8 Å². The predicted octanol–water partition coefficient (Wildman–Crippen LogP) is 3.46. The highest BCUT2D eigenvalue weighted by atomic mass is 16.5. The Morgan fingerprint density at radius 1 is 1.32 bits per heavy atom. The van der Waals surface area contributed by atoms with E-state index >= 15 is 0 Å². The van der Waals surface area contributed by atoms with Crippen LogP contribution < -0.4 is 19.1 Å². The summed E-state index contributed by atoms with van der Waals surface area (Å²) in [5.74, 6) is -0.340. The van der Waals surface area contributed by atoms with Crippen LogP contribution >= 0.6 is 0 Å². The second-order valence-electron chi connectivity index (χ2n) is 7.67. The van der Waals surface area contributed by atoms with Crippen LogP contribution in [0.25, 0.3) is 0 Å². The molecule has 2 heterocycles. The van der Waals surface area contributed by atoms with Gasteiger partial charge >= 0.3 is 5.97 Å². The van der Waals surface area contributed by atoms with Gasteiger partial charge in [-0.1, -0.05) is 6.92 Å². The molecule has 4 unspecified atom stereocenters. The van der Waals surface area contributed by atoms with E-state index in [1.807, 2.05) is 18.2 Å². The van der Waals surface area contributed by atoms with Crippen LogP contribution in [0.4, 0.5) is 5.69 Å². The highest BCUT2D eigenvalue weighted by Gasteiger charge is 2.53. The minimum absolute atomic E-state index is 0.131. The molecule has 2 aliphatic rings. The van der Waals surface area contributed by atoms with Crippen molar-refractivity contribution in [1.29, 1.82) is 5.26 Å². The maximum Gasteiger partial charge on any atom is 0.321 e. The Morgan fingerprint density at radius 2 is 1.96 bits per heavy atom. The fourth-order valence-electron chi connectivity index (χ4n) is 5.22. The number of nitrogens with zero attached hydrogens (tertiary/aromatic N) is 2. The summed E-state index contributed by atoms with van der Waals surface area (Å²) in [6, 6.07) is 6.13. The first-order chi connectivity index (χ1) is 13.4. The Morgan fingerprint density at radius 3 is 2.43 bits per heavy atom. The molecule has 2 saturated heterocycles. The van der Waals surface area contributed by atoms with Gasteiger partial charge in [-0.15, -0.1) is 0 Å². The van der Waals surface area contributed by atoms with Crippen molar-refractivity contribution in [3.8, 4) is 23.3 Å². The van der Waals surface area contributed by atoms with Crippen LogP contribution in [-0.2, 0) is 4.79 Å². The zero-order valence-corrected chi connectivity index (χ0v) is 16.9. The predicted molar refractivity (Wildman–Crippen MR) is 104 cm³/mol. The van der Waals surface area contributed by atoms with Gasteiger partial charge in [0, 0.05) is 29.4 Å². The van der Waals surface area contributed by atoms with Gasteiger partial charge < -0.3 is 24.2 Å². The van der Waals surface area contributed by atoms with E-state index in [2.05, 4.69) is 11.8 Å². The number of carbonyl (C=O) groups is 1. The van der Waals surface area contributed by atoms with Gasteiger partial charge in [-0.2, -0.15) is 5.26 Å². The maximum absolute atomic E-state index is 11.6.